The van der Waals surface area contributed by atoms with E-state index in [9.17, 15) is 13.2 Å². The summed E-state index contributed by atoms with van der Waals surface area (Å²) in [6.07, 6.45) is 2.53. The van der Waals surface area contributed by atoms with E-state index >= 15 is 0 Å². The molecular formula is C16H14N4O3S. The van der Waals surface area contributed by atoms with Gasteiger partial charge in [-0.3, -0.25) is 14.6 Å². The Hall–Kier alpha value is -2.87. The Labute approximate surface area is 138 Å². The van der Waals surface area contributed by atoms with Crippen molar-refractivity contribution in [3.05, 3.63) is 48.2 Å². The SMILES string of the molecule is O=C1CCc2cc(S(=O)(=O)Nc3ccc4[nH]ncc4c3)ccc2N1. The number of amides is 1. The highest BCUT2D eigenvalue weighted by atomic mass is 32.2. The number of fused-ring (bicyclic) bond motifs is 2. The second kappa shape index (κ2) is 5.34. The number of nitrogens with one attached hydrogen (secondary N) is 3. The van der Waals surface area contributed by atoms with E-state index in [2.05, 4.69) is 20.2 Å². The fourth-order valence-electron chi connectivity index (χ4n) is 2.75. The molecule has 0 fully saturated rings. The molecule has 24 heavy (non-hydrogen) atoms. The summed E-state index contributed by atoms with van der Waals surface area (Å²) in [5.74, 6) is -0.0513. The maximum atomic E-state index is 12.6. The number of aryl methyl sites for hydroxylation is 1. The van der Waals surface area contributed by atoms with Gasteiger partial charge < -0.3 is 5.32 Å². The molecule has 1 aliphatic heterocycles. The molecule has 8 heteroatoms. The van der Waals surface area contributed by atoms with E-state index in [0.717, 1.165) is 16.5 Å². The zero-order valence-electron chi connectivity index (χ0n) is 12.5. The highest BCUT2D eigenvalue weighted by Gasteiger charge is 2.20. The minimum atomic E-state index is -3.71. The number of sulfonamides is 1. The van der Waals surface area contributed by atoms with Gasteiger partial charge in [0.1, 0.15) is 0 Å². The summed E-state index contributed by atoms with van der Waals surface area (Å²) in [4.78, 5) is 11.6. The lowest BCUT2D eigenvalue weighted by molar-refractivity contribution is -0.116. The zero-order chi connectivity index (χ0) is 16.7. The van der Waals surface area contributed by atoms with Gasteiger partial charge in [0.25, 0.3) is 10.0 Å². The molecule has 0 unspecified atom stereocenters. The van der Waals surface area contributed by atoms with Crippen LogP contribution in [0.1, 0.15) is 12.0 Å². The van der Waals surface area contributed by atoms with E-state index in [4.69, 9.17) is 0 Å². The Morgan fingerprint density at radius 3 is 2.83 bits per heavy atom. The number of carbonyl (C=O) groups excluding carboxylic acids is 1. The normalized spacial score (nSPS) is 14.2. The first-order valence-corrected chi connectivity index (χ1v) is 8.88. The minimum absolute atomic E-state index is 0.0513. The molecule has 0 radical (unpaired) electrons. The molecule has 0 saturated carbocycles. The van der Waals surface area contributed by atoms with Crippen LogP contribution in [-0.4, -0.2) is 24.5 Å². The van der Waals surface area contributed by atoms with Crippen molar-refractivity contribution in [1.82, 2.24) is 10.2 Å². The highest BCUT2D eigenvalue weighted by molar-refractivity contribution is 7.92. The van der Waals surface area contributed by atoms with Gasteiger partial charge in [0, 0.05) is 23.2 Å². The topological polar surface area (TPSA) is 104 Å². The van der Waals surface area contributed by atoms with E-state index in [1.54, 1.807) is 36.5 Å². The number of nitrogens with zero attached hydrogens (tertiary/aromatic N) is 1. The number of aromatic amines is 1. The fraction of sp³-hybridized carbons (Fsp3) is 0.125. The van der Waals surface area contributed by atoms with E-state index in [-0.39, 0.29) is 10.8 Å². The van der Waals surface area contributed by atoms with Gasteiger partial charge in [-0.1, -0.05) is 0 Å². The molecule has 2 aromatic carbocycles. The lowest BCUT2D eigenvalue weighted by atomic mass is 10.0. The summed E-state index contributed by atoms with van der Waals surface area (Å²) in [6, 6.07) is 9.88. The van der Waals surface area contributed by atoms with Gasteiger partial charge in [0.15, 0.2) is 0 Å². The smallest absolute Gasteiger partial charge is 0.261 e. The van der Waals surface area contributed by atoms with Crippen molar-refractivity contribution in [1.29, 1.82) is 0 Å². The molecule has 0 bridgehead atoms. The summed E-state index contributed by atoms with van der Waals surface area (Å²) < 4.78 is 27.8. The first kappa shape index (κ1) is 14.7. The quantitative estimate of drug-likeness (QED) is 0.679. The molecule has 1 aromatic heterocycles. The van der Waals surface area contributed by atoms with Crippen molar-refractivity contribution in [2.24, 2.45) is 0 Å². The number of benzene rings is 2. The second-order valence-electron chi connectivity index (χ2n) is 5.64. The van der Waals surface area contributed by atoms with Crippen LogP contribution in [0.25, 0.3) is 10.9 Å². The van der Waals surface area contributed by atoms with Crippen molar-refractivity contribution >= 4 is 38.2 Å². The van der Waals surface area contributed by atoms with Crippen molar-refractivity contribution in [2.75, 3.05) is 10.0 Å². The Bertz CT molecular complexity index is 1060. The molecule has 1 amide bonds. The molecule has 1 aliphatic rings. The van der Waals surface area contributed by atoms with Crippen LogP contribution in [0.5, 0.6) is 0 Å². The number of anilines is 2. The maximum absolute atomic E-state index is 12.6. The third-order valence-electron chi connectivity index (χ3n) is 3.97. The number of hydrogen-bond donors (Lipinski definition) is 3. The number of carbonyl (C=O) groups is 1. The number of aromatic nitrogens is 2. The predicted molar refractivity (Wildman–Crippen MR) is 90.3 cm³/mol. The van der Waals surface area contributed by atoms with Gasteiger partial charge in [-0.2, -0.15) is 5.10 Å². The summed E-state index contributed by atoms with van der Waals surface area (Å²) >= 11 is 0. The number of H-pyrrole nitrogens is 1. The van der Waals surface area contributed by atoms with Crippen LogP contribution in [-0.2, 0) is 21.2 Å². The Kier molecular flexibility index (Phi) is 3.27. The van der Waals surface area contributed by atoms with Crippen LogP contribution in [0, 0.1) is 0 Å². The van der Waals surface area contributed by atoms with Crippen LogP contribution in [0.3, 0.4) is 0 Å². The van der Waals surface area contributed by atoms with Gasteiger partial charge in [-0.15, -0.1) is 0 Å². The molecule has 7 nitrogen and oxygen atoms in total. The molecule has 0 saturated heterocycles. The lowest BCUT2D eigenvalue weighted by Gasteiger charge is -2.17. The molecule has 3 N–H and O–H groups in total. The fourth-order valence-corrected chi connectivity index (χ4v) is 3.85. The van der Waals surface area contributed by atoms with Gasteiger partial charge in [0.05, 0.1) is 16.6 Å². The average molecular weight is 342 g/mol. The summed E-state index contributed by atoms with van der Waals surface area (Å²) in [6.45, 7) is 0. The Morgan fingerprint density at radius 2 is 1.96 bits per heavy atom. The predicted octanol–water partition coefficient (Wildman–Crippen LogP) is 2.25. The van der Waals surface area contributed by atoms with Crippen LogP contribution < -0.4 is 10.0 Å². The van der Waals surface area contributed by atoms with Crippen LogP contribution in [0.2, 0.25) is 0 Å². The summed E-state index contributed by atoms with van der Waals surface area (Å²) in [7, 11) is -3.71. The van der Waals surface area contributed by atoms with Crippen LogP contribution in [0.4, 0.5) is 11.4 Å². The van der Waals surface area contributed by atoms with E-state index in [0.29, 0.717) is 24.2 Å². The highest BCUT2D eigenvalue weighted by Crippen LogP contribution is 2.27. The molecule has 0 atom stereocenters. The van der Waals surface area contributed by atoms with E-state index in [1.807, 2.05) is 0 Å². The summed E-state index contributed by atoms with van der Waals surface area (Å²) in [5.41, 5.74) is 2.80. The first-order chi connectivity index (χ1) is 11.5. The molecule has 3 aromatic rings. The first-order valence-electron chi connectivity index (χ1n) is 7.40. The average Bonchev–Trinajstić information content (AvgIpc) is 3.01. The van der Waals surface area contributed by atoms with Crippen molar-refractivity contribution < 1.29 is 13.2 Å². The number of rotatable bonds is 3. The van der Waals surface area contributed by atoms with E-state index < -0.39 is 10.0 Å². The molecule has 2 heterocycles. The molecule has 4 rings (SSSR count). The summed E-state index contributed by atoms with van der Waals surface area (Å²) in [5, 5.41) is 10.3. The standard InChI is InChI=1S/C16H14N4O3S/c21-16-6-1-10-8-13(3-5-14(10)18-16)24(22,23)20-12-2-4-15-11(7-12)9-17-19-15/h2-5,7-9,20H,1,6H2,(H,17,19)(H,18,21). The molecule has 0 aliphatic carbocycles. The third kappa shape index (κ3) is 2.61. The molecule has 122 valence electrons. The van der Waals surface area contributed by atoms with Crippen molar-refractivity contribution in [2.45, 2.75) is 17.7 Å². The Morgan fingerprint density at radius 1 is 1.08 bits per heavy atom. The molecule has 0 spiro atoms. The van der Waals surface area contributed by atoms with Crippen molar-refractivity contribution in [3.8, 4) is 0 Å². The third-order valence-corrected chi connectivity index (χ3v) is 5.35. The largest absolute Gasteiger partial charge is 0.326 e. The monoisotopic (exact) mass is 342 g/mol. The van der Waals surface area contributed by atoms with Crippen molar-refractivity contribution in [3.63, 3.8) is 0 Å². The Balaban J connectivity index is 1.66. The number of hydrogen-bond acceptors (Lipinski definition) is 4. The van der Waals surface area contributed by atoms with E-state index in [1.165, 1.54) is 6.07 Å². The minimum Gasteiger partial charge on any atom is -0.326 e. The maximum Gasteiger partial charge on any atom is 0.261 e. The van der Waals surface area contributed by atoms with Gasteiger partial charge >= 0.3 is 0 Å². The zero-order valence-corrected chi connectivity index (χ0v) is 13.4. The van der Waals surface area contributed by atoms with Gasteiger partial charge in [-0.05, 0) is 48.4 Å². The lowest BCUT2D eigenvalue weighted by Crippen LogP contribution is -2.20. The van der Waals surface area contributed by atoms with Gasteiger partial charge in [-0.25, -0.2) is 8.42 Å². The van der Waals surface area contributed by atoms with Gasteiger partial charge in [0.2, 0.25) is 5.91 Å². The second-order valence-corrected chi connectivity index (χ2v) is 7.33. The van der Waals surface area contributed by atoms with Crippen LogP contribution in [0.15, 0.2) is 47.5 Å². The van der Waals surface area contributed by atoms with Crippen LogP contribution >= 0.6 is 0 Å². The molecular weight excluding hydrogens is 328 g/mol.